The maximum atomic E-state index is 11.8. The van der Waals surface area contributed by atoms with Crippen molar-refractivity contribution in [1.29, 1.82) is 0 Å². The van der Waals surface area contributed by atoms with Crippen molar-refractivity contribution in [3.05, 3.63) is 40.7 Å². The van der Waals surface area contributed by atoms with Crippen molar-refractivity contribution in [2.45, 2.75) is 44.8 Å². The molecule has 2 aliphatic heterocycles. The van der Waals surface area contributed by atoms with Gasteiger partial charge in [0.15, 0.2) is 0 Å². The Kier molecular flexibility index (Phi) is 4.06. The predicted octanol–water partition coefficient (Wildman–Crippen LogP) is 3.16. The molecule has 2 fully saturated rings. The Hall–Kier alpha value is -1.85. The van der Waals surface area contributed by atoms with Gasteiger partial charge in [-0.25, -0.2) is 4.98 Å². The molecule has 0 spiro atoms. The molecule has 126 valence electrons. The van der Waals surface area contributed by atoms with E-state index in [1.807, 2.05) is 31.2 Å². The number of aromatic nitrogens is 1. The molecule has 2 atom stereocenters. The molecule has 1 amide bonds. The summed E-state index contributed by atoms with van der Waals surface area (Å²) in [5.74, 6) is 1.58. The van der Waals surface area contributed by atoms with Crippen molar-refractivity contribution in [2.24, 2.45) is 0 Å². The molecular weight excluding hydrogens is 326 g/mol. The minimum Gasteiger partial charge on any atom is -0.441 e. The van der Waals surface area contributed by atoms with E-state index in [1.165, 1.54) is 0 Å². The standard InChI is InChI=1S/C18H20ClN3O2/c1-11-16(21-18(24-11)12-3-2-4-13(19)7-12)10-22-14-5-6-15(22)9-20-17(23)8-14/h2-4,7,14-15H,5-6,8-10H2,1H3,(H,20,23)/t14-,15+/m1/s1. The number of nitrogens with one attached hydrogen (secondary N) is 1. The summed E-state index contributed by atoms with van der Waals surface area (Å²) in [6.45, 7) is 3.40. The van der Waals surface area contributed by atoms with E-state index in [0.29, 0.717) is 29.4 Å². The topological polar surface area (TPSA) is 58.4 Å². The van der Waals surface area contributed by atoms with Crippen LogP contribution in [-0.4, -0.2) is 34.4 Å². The van der Waals surface area contributed by atoms with Crippen molar-refractivity contribution >= 4 is 17.5 Å². The lowest BCUT2D eigenvalue weighted by atomic mass is 10.1. The van der Waals surface area contributed by atoms with Crippen molar-refractivity contribution in [3.8, 4) is 11.5 Å². The zero-order valence-corrected chi connectivity index (χ0v) is 14.3. The van der Waals surface area contributed by atoms with Crippen LogP contribution in [-0.2, 0) is 11.3 Å². The molecule has 0 saturated carbocycles. The van der Waals surface area contributed by atoms with Gasteiger partial charge in [-0.1, -0.05) is 17.7 Å². The number of hydrogen-bond acceptors (Lipinski definition) is 4. The molecular formula is C18H20ClN3O2. The van der Waals surface area contributed by atoms with Gasteiger partial charge < -0.3 is 9.73 Å². The minimum absolute atomic E-state index is 0.156. The molecule has 24 heavy (non-hydrogen) atoms. The van der Waals surface area contributed by atoms with Gasteiger partial charge >= 0.3 is 0 Å². The van der Waals surface area contributed by atoms with E-state index in [0.717, 1.165) is 42.9 Å². The summed E-state index contributed by atoms with van der Waals surface area (Å²) in [5, 5.41) is 3.67. The second-order valence-electron chi connectivity index (χ2n) is 6.60. The van der Waals surface area contributed by atoms with Crippen molar-refractivity contribution < 1.29 is 9.21 Å². The normalized spacial score (nSPS) is 24.0. The first-order valence-corrected chi connectivity index (χ1v) is 8.72. The average Bonchev–Trinajstić information content (AvgIpc) is 3.05. The van der Waals surface area contributed by atoms with Crippen molar-refractivity contribution in [1.82, 2.24) is 15.2 Å². The fraction of sp³-hybridized carbons (Fsp3) is 0.444. The Morgan fingerprint density at radius 1 is 1.38 bits per heavy atom. The number of carbonyl (C=O) groups is 1. The van der Waals surface area contributed by atoms with Gasteiger partial charge in [0.25, 0.3) is 0 Å². The number of nitrogens with zero attached hydrogens (tertiary/aromatic N) is 2. The summed E-state index contributed by atoms with van der Waals surface area (Å²) in [5.41, 5.74) is 1.82. The Bertz CT molecular complexity index is 773. The van der Waals surface area contributed by atoms with Gasteiger partial charge in [-0.05, 0) is 38.0 Å². The van der Waals surface area contributed by atoms with Crippen LogP contribution >= 0.6 is 11.6 Å². The van der Waals surface area contributed by atoms with Crippen LogP contribution in [0.1, 0.15) is 30.7 Å². The fourth-order valence-electron chi connectivity index (χ4n) is 3.72. The fourth-order valence-corrected chi connectivity index (χ4v) is 3.91. The number of amides is 1. The molecule has 0 unspecified atom stereocenters. The average molecular weight is 346 g/mol. The predicted molar refractivity (Wildman–Crippen MR) is 91.7 cm³/mol. The lowest BCUT2D eigenvalue weighted by Gasteiger charge is -2.26. The maximum Gasteiger partial charge on any atom is 0.226 e. The molecule has 5 nitrogen and oxygen atoms in total. The smallest absolute Gasteiger partial charge is 0.226 e. The Balaban J connectivity index is 1.58. The summed E-state index contributed by atoms with van der Waals surface area (Å²) >= 11 is 6.06. The lowest BCUT2D eigenvalue weighted by molar-refractivity contribution is -0.121. The Morgan fingerprint density at radius 2 is 2.21 bits per heavy atom. The molecule has 2 aromatic rings. The van der Waals surface area contributed by atoms with Gasteiger partial charge in [0, 0.05) is 42.2 Å². The molecule has 3 heterocycles. The maximum absolute atomic E-state index is 11.8. The largest absolute Gasteiger partial charge is 0.441 e. The molecule has 2 bridgehead atoms. The quantitative estimate of drug-likeness (QED) is 0.928. The van der Waals surface area contributed by atoms with Crippen LogP contribution in [0.3, 0.4) is 0 Å². The molecule has 2 aliphatic rings. The van der Waals surface area contributed by atoms with E-state index in [4.69, 9.17) is 16.0 Å². The number of benzene rings is 1. The van der Waals surface area contributed by atoms with E-state index in [9.17, 15) is 4.79 Å². The van der Waals surface area contributed by atoms with Crippen LogP contribution in [0.4, 0.5) is 0 Å². The van der Waals surface area contributed by atoms with Crippen LogP contribution < -0.4 is 5.32 Å². The first-order chi connectivity index (χ1) is 11.6. The van der Waals surface area contributed by atoms with E-state index >= 15 is 0 Å². The summed E-state index contributed by atoms with van der Waals surface area (Å²) in [6.07, 6.45) is 2.79. The number of halogens is 1. The molecule has 0 radical (unpaired) electrons. The Morgan fingerprint density at radius 3 is 3.04 bits per heavy atom. The monoisotopic (exact) mass is 345 g/mol. The van der Waals surface area contributed by atoms with Crippen molar-refractivity contribution in [2.75, 3.05) is 6.54 Å². The highest BCUT2D eigenvalue weighted by atomic mass is 35.5. The third kappa shape index (κ3) is 2.94. The van der Waals surface area contributed by atoms with Gasteiger partial charge in [0.2, 0.25) is 11.8 Å². The van der Waals surface area contributed by atoms with Crippen LogP contribution in [0, 0.1) is 6.92 Å². The first kappa shape index (κ1) is 15.7. The highest BCUT2D eigenvalue weighted by Gasteiger charge is 2.37. The molecule has 1 N–H and O–H groups in total. The minimum atomic E-state index is 0.156. The van der Waals surface area contributed by atoms with Gasteiger partial charge in [0.05, 0.1) is 5.69 Å². The third-order valence-electron chi connectivity index (χ3n) is 5.02. The summed E-state index contributed by atoms with van der Waals surface area (Å²) in [6, 6.07) is 8.23. The number of aryl methyl sites for hydroxylation is 1. The highest BCUT2D eigenvalue weighted by Crippen LogP contribution is 2.31. The van der Waals surface area contributed by atoms with Crippen LogP contribution in [0.2, 0.25) is 5.02 Å². The van der Waals surface area contributed by atoms with Gasteiger partial charge in [-0.3, -0.25) is 9.69 Å². The zero-order chi connectivity index (χ0) is 16.7. The Labute approximate surface area is 146 Å². The summed E-state index contributed by atoms with van der Waals surface area (Å²) < 4.78 is 5.86. The second kappa shape index (κ2) is 6.22. The lowest BCUT2D eigenvalue weighted by Crippen LogP contribution is -2.37. The molecule has 1 aromatic carbocycles. The zero-order valence-electron chi connectivity index (χ0n) is 13.6. The molecule has 0 aliphatic carbocycles. The van der Waals surface area contributed by atoms with E-state index in [2.05, 4.69) is 15.2 Å². The third-order valence-corrected chi connectivity index (χ3v) is 5.26. The van der Waals surface area contributed by atoms with E-state index in [1.54, 1.807) is 0 Å². The number of oxazole rings is 1. The molecule has 2 saturated heterocycles. The number of fused-ring (bicyclic) bond motifs is 2. The molecule has 6 heteroatoms. The second-order valence-corrected chi connectivity index (χ2v) is 7.03. The van der Waals surface area contributed by atoms with Crippen LogP contribution in [0.25, 0.3) is 11.5 Å². The molecule has 4 rings (SSSR count). The summed E-state index contributed by atoms with van der Waals surface area (Å²) in [7, 11) is 0. The SMILES string of the molecule is Cc1oc(-c2cccc(Cl)c2)nc1CN1[C@@H]2CC[C@H]1CNC(=O)C2. The van der Waals surface area contributed by atoms with Crippen LogP contribution in [0.5, 0.6) is 0 Å². The first-order valence-electron chi connectivity index (χ1n) is 8.35. The number of hydrogen-bond donors (Lipinski definition) is 1. The summed E-state index contributed by atoms with van der Waals surface area (Å²) in [4.78, 5) is 18.9. The number of carbonyl (C=O) groups excluding carboxylic acids is 1. The number of rotatable bonds is 3. The van der Waals surface area contributed by atoms with Gasteiger partial charge in [-0.2, -0.15) is 0 Å². The van der Waals surface area contributed by atoms with Crippen molar-refractivity contribution in [3.63, 3.8) is 0 Å². The molecule has 1 aromatic heterocycles. The van der Waals surface area contributed by atoms with E-state index < -0.39 is 0 Å². The highest BCUT2D eigenvalue weighted by molar-refractivity contribution is 6.30. The van der Waals surface area contributed by atoms with Gasteiger partial charge in [0.1, 0.15) is 5.76 Å². The van der Waals surface area contributed by atoms with E-state index in [-0.39, 0.29) is 5.91 Å². The van der Waals surface area contributed by atoms with Gasteiger partial charge in [-0.15, -0.1) is 0 Å². The van der Waals surface area contributed by atoms with Crippen LogP contribution in [0.15, 0.2) is 28.7 Å².